The lowest BCUT2D eigenvalue weighted by Crippen LogP contribution is -2.42. The van der Waals surface area contributed by atoms with Crippen LogP contribution in [0, 0.1) is 23.1 Å². The summed E-state index contributed by atoms with van der Waals surface area (Å²) in [6.45, 7) is 9.97. The van der Waals surface area contributed by atoms with Crippen LogP contribution in [0.1, 0.15) is 63.9 Å². The second-order valence-corrected chi connectivity index (χ2v) is 10.6. The molecule has 3 aliphatic rings. The third-order valence-electron chi connectivity index (χ3n) is 6.56. The van der Waals surface area contributed by atoms with Crippen LogP contribution in [0.4, 0.5) is 21.8 Å². The van der Waals surface area contributed by atoms with Crippen LogP contribution in [0.2, 0.25) is 0 Å². The summed E-state index contributed by atoms with van der Waals surface area (Å²) in [7, 11) is 0. The van der Waals surface area contributed by atoms with Gasteiger partial charge in [0.1, 0.15) is 5.82 Å². The van der Waals surface area contributed by atoms with E-state index in [9.17, 15) is 0 Å². The van der Waals surface area contributed by atoms with Gasteiger partial charge in [0, 0.05) is 36.7 Å². The number of ether oxygens (including phenoxy) is 1. The van der Waals surface area contributed by atoms with Crippen LogP contribution < -0.4 is 10.2 Å². The Labute approximate surface area is 183 Å². The SMILES string of the molecule is CC(C)(C)Cc1cc(Nc2nc(C3CC3)nc(N3CCC(C4COC4)CC3)c2F)n[nH]1. The third-order valence-corrected chi connectivity index (χ3v) is 6.56. The van der Waals surface area contributed by atoms with Crippen molar-refractivity contribution in [2.45, 2.75) is 58.8 Å². The van der Waals surface area contributed by atoms with Crippen LogP contribution in [0.25, 0.3) is 0 Å². The molecule has 0 unspecified atom stereocenters. The van der Waals surface area contributed by atoms with E-state index in [4.69, 9.17) is 4.74 Å². The number of aromatic amines is 1. The maximum absolute atomic E-state index is 15.5. The highest BCUT2D eigenvalue weighted by Crippen LogP contribution is 2.41. The lowest BCUT2D eigenvalue weighted by molar-refractivity contribution is -0.0651. The second kappa shape index (κ2) is 8.04. The molecule has 0 aromatic carbocycles. The van der Waals surface area contributed by atoms with Gasteiger partial charge in [-0.25, -0.2) is 9.97 Å². The summed E-state index contributed by atoms with van der Waals surface area (Å²) in [5.74, 6) is 3.34. The van der Waals surface area contributed by atoms with E-state index in [2.05, 4.69) is 51.2 Å². The van der Waals surface area contributed by atoms with Crippen LogP contribution in [0.3, 0.4) is 0 Å². The first kappa shape index (κ1) is 20.7. The molecule has 1 aliphatic carbocycles. The predicted molar refractivity (Wildman–Crippen MR) is 118 cm³/mol. The van der Waals surface area contributed by atoms with Gasteiger partial charge in [-0.05, 0) is 43.4 Å². The lowest BCUT2D eigenvalue weighted by atomic mass is 9.83. The van der Waals surface area contributed by atoms with Crippen molar-refractivity contribution in [2.75, 3.05) is 36.5 Å². The van der Waals surface area contributed by atoms with Crippen molar-refractivity contribution in [1.29, 1.82) is 0 Å². The highest BCUT2D eigenvalue weighted by Gasteiger charge is 2.34. The molecule has 2 aromatic heterocycles. The van der Waals surface area contributed by atoms with E-state index < -0.39 is 0 Å². The summed E-state index contributed by atoms with van der Waals surface area (Å²) < 4.78 is 20.9. The van der Waals surface area contributed by atoms with Gasteiger partial charge in [-0.1, -0.05) is 20.8 Å². The number of halogens is 1. The molecule has 0 atom stereocenters. The molecule has 5 rings (SSSR count). The van der Waals surface area contributed by atoms with Crippen molar-refractivity contribution in [1.82, 2.24) is 20.2 Å². The molecular formula is C23H33FN6O. The number of rotatable bonds is 6. The zero-order valence-corrected chi connectivity index (χ0v) is 18.7. The Kier molecular flexibility index (Phi) is 5.36. The first-order valence-corrected chi connectivity index (χ1v) is 11.6. The van der Waals surface area contributed by atoms with Gasteiger partial charge in [-0.3, -0.25) is 5.10 Å². The highest BCUT2D eigenvalue weighted by molar-refractivity contribution is 5.59. The zero-order chi connectivity index (χ0) is 21.6. The Morgan fingerprint density at radius 2 is 1.87 bits per heavy atom. The van der Waals surface area contributed by atoms with Gasteiger partial charge in [-0.15, -0.1) is 0 Å². The van der Waals surface area contributed by atoms with Crippen LogP contribution in [-0.4, -0.2) is 46.5 Å². The number of hydrogen-bond donors (Lipinski definition) is 2. The van der Waals surface area contributed by atoms with Crippen molar-refractivity contribution in [3.05, 3.63) is 23.4 Å². The molecule has 0 spiro atoms. The minimum Gasteiger partial charge on any atom is -0.381 e. The number of nitrogens with zero attached hydrogens (tertiary/aromatic N) is 4. The number of aromatic nitrogens is 4. The van der Waals surface area contributed by atoms with E-state index in [0.717, 1.165) is 69.9 Å². The van der Waals surface area contributed by atoms with E-state index in [1.807, 2.05) is 6.07 Å². The first-order chi connectivity index (χ1) is 14.9. The topological polar surface area (TPSA) is 79.0 Å². The Morgan fingerprint density at radius 3 is 2.48 bits per heavy atom. The summed E-state index contributed by atoms with van der Waals surface area (Å²) in [5.41, 5.74) is 1.17. The Balaban J connectivity index is 1.35. The molecule has 2 saturated heterocycles. The van der Waals surface area contributed by atoms with Crippen LogP contribution in [0.5, 0.6) is 0 Å². The number of hydrogen-bond acceptors (Lipinski definition) is 6. The van der Waals surface area contributed by atoms with Gasteiger partial charge in [0.15, 0.2) is 17.5 Å². The monoisotopic (exact) mass is 428 g/mol. The van der Waals surface area contributed by atoms with Gasteiger partial charge in [0.2, 0.25) is 5.82 Å². The van der Waals surface area contributed by atoms with Crippen molar-refractivity contribution in [3.63, 3.8) is 0 Å². The van der Waals surface area contributed by atoms with E-state index in [1.54, 1.807) is 0 Å². The first-order valence-electron chi connectivity index (χ1n) is 11.6. The fourth-order valence-electron chi connectivity index (χ4n) is 4.59. The molecule has 3 fully saturated rings. The van der Waals surface area contributed by atoms with Crippen molar-refractivity contribution in [2.24, 2.45) is 17.3 Å². The molecule has 7 nitrogen and oxygen atoms in total. The van der Waals surface area contributed by atoms with Crippen molar-refractivity contribution in [3.8, 4) is 0 Å². The van der Waals surface area contributed by atoms with Crippen molar-refractivity contribution >= 4 is 17.5 Å². The van der Waals surface area contributed by atoms with E-state index >= 15 is 4.39 Å². The standard InChI is InChI=1S/C23H33FN6O/c1-23(2,3)11-17-10-18(29-28-17)25-21-19(24)22(27-20(26-21)15-4-5-15)30-8-6-14(7-9-30)16-12-31-13-16/h10,14-16H,4-9,11-13H2,1-3H3,(H2,25,26,27,28,29). The summed E-state index contributed by atoms with van der Waals surface area (Å²) in [6.07, 6.45) is 5.15. The molecule has 2 aliphatic heterocycles. The molecule has 168 valence electrons. The van der Waals surface area contributed by atoms with Crippen LogP contribution in [0.15, 0.2) is 6.07 Å². The van der Waals surface area contributed by atoms with Crippen molar-refractivity contribution < 1.29 is 9.13 Å². The fourth-order valence-corrected chi connectivity index (χ4v) is 4.59. The molecule has 0 amide bonds. The second-order valence-electron chi connectivity index (χ2n) is 10.6. The maximum atomic E-state index is 15.5. The Bertz CT molecular complexity index is 923. The molecule has 1 saturated carbocycles. The Hall–Kier alpha value is -2.22. The average molecular weight is 429 g/mol. The summed E-state index contributed by atoms with van der Waals surface area (Å²) in [5, 5.41) is 10.5. The maximum Gasteiger partial charge on any atom is 0.208 e. The smallest absolute Gasteiger partial charge is 0.208 e. The summed E-state index contributed by atoms with van der Waals surface area (Å²) in [4.78, 5) is 11.3. The predicted octanol–water partition coefficient (Wildman–Crippen LogP) is 4.41. The van der Waals surface area contributed by atoms with Gasteiger partial charge < -0.3 is 15.0 Å². The highest BCUT2D eigenvalue weighted by atomic mass is 19.1. The minimum absolute atomic E-state index is 0.147. The third kappa shape index (κ3) is 4.68. The van der Waals surface area contributed by atoms with Gasteiger partial charge in [-0.2, -0.15) is 9.49 Å². The molecule has 4 heterocycles. The normalized spacial score (nSPS) is 20.7. The minimum atomic E-state index is -0.379. The average Bonchev–Trinajstić information content (AvgIpc) is 3.43. The number of nitrogens with one attached hydrogen (secondary N) is 2. The number of H-pyrrole nitrogens is 1. The molecule has 8 heteroatoms. The number of anilines is 3. The van der Waals surface area contributed by atoms with Gasteiger partial charge in [0.05, 0.1) is 13.2 Å². The van der Waals surface area contributed by atoms with E-state index in [-0.39, 0.29) is 17.1 Å². The Morgan fingerprint density at radius 1 is 1.13 bits per heavy atom. The van der Waals surface area contributed by atoms with E-state index in [1.165, 1.54) is 0 Å². The van der Waals surface area contributed by atoms with Gasteiger partial charge >= 0.3 is 0 Å². The molecule has 0 bridgehead atoms. The molecule has 2 aromatic rings. The molecule has 0 radical (unpaired) electrons. The fraction of sp³-hybridized carbons (Fsp3) is 0.696. The molecule has 2 N–H and O–H groups in total. The largest absolute Gasteiger partial charge is 0.381 e. The zero-order valence-electron chi connectivity index (χ0n) is 18.7. The lowest BCUT2D eigenvalue weighted by Gasteiger charge is -2.40. The van der Waals surface area contributed by atoms with E-state index in [0.29, 0.717) is 29.4 Å². The van der Waals surface area contributed by atoms with Crippen LogP contribution >= 0.6 is 0 Å². The van der Waals surface area contributed by atoms with Crippen LogP contribution in [-0.2, 0) is 11.2 Å². The summed E-state index contributed by atoms with van der Waals surface area (Å²) in [6, 6.07) is 1.94. The number of piperidine rings is 1. The van der Waals surface area contributed by atoms with Gasteiger partial charge in [0.25, 0.3) is 0 Å². The summed E-state index contributed by atoms with van der Waals surface area (Å²) >= 11 is 0. The molecular weight excluding hydrogens is 395 g/mol. The molecule has 31 heavy (non-hydrogen) atoms. The quantitative estimate of drug-likeness (QED) is 0.710.